The first kappa shape index (κ1) is 17.4. The Morgan fingerprint density at radius 2 is 1.93 bits per heavy atom. The summed E-state index contributed by atoms with van der Waals surface area (Å²) >= 11 is 3.47. The number of rotatable bonds is 3. The number of fused-ring (bicyclic) bond motifs is 1. The largest absolute Gasteiger partial charge is 0.291 e. The van der Waals surface area contributed by atoms with Crippen molar-refractivity contribution in [2.45, 2.75) is 13.8 Å². The molecule has 2 heterocycles. The van der Waals surface area contributed by atoms with Gasteiger partial charge in [-0.05, 0) is 55.3 Å². The molecule has 0 bridgehead atoms. The Morgan fingerprint density at radius 1 is 1.07 bits per heavy atom. The molecule has 0 aliphatic heterocycles. The van der Waals surface area contributed by atoms with Crippen molar-refractivity contribution in [1.29, 1.82) is 0 Å². The maximum atomic E-state index is 12.9. The molecule has 0 aliphatic rings. The van der Waals surface area contributed by atoms with E-state index >= 15 is 0 Å². The van der Waals surface area contributed by atoms with Crippen LogP contribution in [0.3, 0.4) is 0 Å². The Morgan fingerprint density at radius 3 is 2.67 bits per heavy atom. The number of hydrogen-bond acceptors (Lipinski definition) is 4. The number of halogens is 1. The summed E-state index contributed by atoms with van der Waals surface area (Å²) in [5.41, 5.74) is 5.37. The van der Waals surface area contributed by atoms with Gasteiger partial charge in [0, 0.05) is 15.4 Å². The molecule has 4 aromatic rings. The molecule has 0 saturated carbocycles. The fourth-order valence-electron chi connectivity index (χ4n) is 2.88. The zero-order valence-corrected chi connectivity index (χ0v) is 16.3. The Labute approximate surface area is 164 Å². The van der Waals surface area contributed by atoms with Crippen molar-refractivity contribution in [2.24, 2.45) is 0 Å². The Balaban J connectivity index is 1.88. The number of pyridine rings is 1. The van der Waals surface area contributed by atoms with Crippen molar-refractivity contribution >= 4 is 38.7 Å². The van der Waals surface area contributed by atoms with Crippen LogP contribution in [0.4, 0.5) is 5.95 Å². The highest BCUT2D eigenvalue weighted by molar-refractivity contribution is 9.10. The molecular weight excluding hydrogens is 406 g/mol. The second kappa shape index (κ2) is 6.92. The second-order valence-corrected chi connectivity index (χ2v) is 7.22. The van der Waals surface area contributed by atoms with E-state index in [-0.39, 0.29) is 5.91 Å². The van der Waals surface area contributed by atoms with Crippen LogP contribution in [-0.4, -0.2) is 26.1 Å². The van der Waals surface area contributed by atoms with Gasteiger partial charge in [-0.3, -0.25) is 10.1 Å². The number of aromatic amines is 1. The van der Waals surface area contributed by atoms with Crippen molar-refractivity contribution in [1.82, 2.24) is 20.2 Å². The van der Waals surface area contributed by atoms with Gasteiger partial charge in [0.25, 0.3) is 5.91 Å². The number of hydrogen-bond donors (Lipinski definition) is 2. The highest BCUT2D eigenvalue weighted by atomic mass is 79.9. The average molecular weight is 422 g/mol. The normalized spacial score (nSPS) is 10.9. The van der Waals surface area contributed by atoms with E-state index < -0.39 is 0 Å². The first-order chi connectivity index (χ1) is 13.0. The summed E-state index contributed by atoms with van der Waals surface area (Å²) in [6, 6.07) is 13.7. The van der Waals surface area contributed by atoms with Crippen LogP contribution < -0.4 is 5.32 Å². The van der Waals surface area contributed by atoms with Gasteiger partial charge in [0.1, 0.15) is 6.33 Å². The van der Waals surface area contributed by atoms with Crippen LogP contribution in [0.25, 0.3) is 22.2 Å². The summed E-state index contributed by atoms with van der Waals surface area (Å²) in [7, 11) is 0. The van der Waals surface area contributed by atoms with Gasteiger partial charge in [-0.15, -0.1) is 0 Å². The number of aromatic nitrogens is 4. The summed E-state index contributed by atoms with van der Waals surface area (Å²) in [5.74, 6) is 0.0232. The standard InChI is InChI=1S/C20H16BrN5O/c1-11-3-4-13(7-12(11)2)18-9-16(19(27)25-20-22-10-23-26-20)15-8-14(21)5-6-17(15)24-18/h3-10H,1-2H3,(H2,22,23,25,26,27). The van der Waals surface area contributed by atoms with Gasteiger partial charge in [-0.25, -0.2) is 10.1 Å². The lowest BCUT2D eigenvalue weighted by molar-refractivity contribution is 0.102. The number of benzene rings is 2. The number of amides is 1. The zero-order chi connectivity index (χ0) is 19.0. The molecule has 6 nitrogen and oxygen atoms in total. The second-order valence-electron chi connectivity index (χ2n) is 6.30. The van der Waals surface area contributed by atoms with Crippen molar-refractivity contribution in [3.63, 3.8) is 0 Å². The molecule has 134 valence electrons. The van der Waals surface area contributed by atoms with Crippen LogP contribution in [-0.2, 0) is 0 Å². The number of anilines is 1. The molecule has 0 fully saturated rings. The van der Waals surface area contributed by atoms with E-state index in [1.165, 1.54) is 17.5 Å². The lowest BCUT2D eigenvalue weighted by Gasteiger charge is -2.11. The summed E-state index contributed by atoms with van der Waals surface area (Å²) in [6.07, 6.45) is 1.34. The number of H-pyrrole nitrogens is 1. The third-order valence-electron chi connectivity index (χ3n) is 4.46. The van der Waals surface area contributed by atoms with Crippen molar-refractivity contribution in [3.05, 3.63) is 70.0 Å². The zero-order valence-electron chi connectivity index (χ0n) is 14.7. The fraction of sp³-hybridized carbons (Fsp3) is 0.100. The van der Waals surface area contributed by atoms with E-state index in [2.05, 4.69) is 62.4 Å². The lowest BCUT2D eigenvalue weighted by atomic mass is 10.0. The third kappa shape index (κ3) is 3.46. The Bertz CT molecular complexity index is 1150. The molecule has 27 heavy (non-hydrogen) atoms. The monoisotopic (exact) mass is 421 g/mol. The van der Waals surface area contributed by atoms with E-state index in [0.29, 0.717) is 11.5 Å². The van der Waals surface area contributed by atoms with Crippen LogP contribution in [0.5, 0.6) is 0 Å². The number of aryl methyl sites for hydroxylation is 2. The minimum absolute atomic E-state index is 0.276. The highest BCUT2D eigenvalue weighted by Gasteiger charge is 2.16. The number of nitrogens with one attached hydrogen (secondary N) is 2. The predicted octanol–water partition coefficient (Wildman–Crippen LogP) is 4.65. The number of carbonyl (C=O) groups is 1. The molecule has 0 unspecified atom stereocenters. The summed E-state index contributed by atoms with van der Waals surface area (Å²) in [5, 5.41) is 9.89. The van der Waals surface area contributed by atoms with Crippen molar-refractivity contribution in [2.75, 3.05) is 5.32 Å². The molecule has 0 aliphatic carbocycles. The first-order valence-electron chi connectivity index (χ1n) is 8.36. The van der Waals surface area contributed by atoms with Gasteiger partial charge in [-0.2, -0.15) is 10.1 Å². The van der Waals surface area contributed by atoms with Gasteiger partial charge in [0.05, 0.1) is 16.8 Å². The molecule has 2 aromatic heterocycles. The Kier molecular flexibility index (Phi) is 4.45. The fourth-order valence-corrected chi connectivity index (χ4v) is 3.24. The van der Waals surface area contributed by atoms with Crippen molar-refractivity contribution < 1.29 is 4.79 Å². The summed E-state index contributed by atoms with van der Waals surface area (Å²) in [6.45, 7) is 4.13. The smallest absolute Gasteiger partial charge is 0.258 e. The topological polar surface area (TPSA) is 83.6 Å². The van der Waals surface area contributed by atoms with Gasteiger partial charge in [-0.1, -0.05) is 28.1 Å². The maximum absolute atomic E-state index is 12.9. The lowest BCUT2D eigenvalue weighted by Crippen LogP contribution is -2.14. The molecule has 1 amide bonds. The molecule has 2 N–H and O–H groups in total. The van der Waals surface area contributed by atoms with E-state index in [4.69, 9.17) is 4.98 Å². The molecule has 0 radical (unpaired) electrons. The van der Waals surface area contributed by atoms with Crippen LogP contribution in [0.15, 0.2) is 53.3 Å². The van der Waals surface area contributed by atoms with E-state index in [1.54, 1.807) is 0 Å². The van der Waals surface area contributed by atoms with Gasteiger partial charge < -0.3 is 0 Å². The van der Waals surface area contributed by atoms with Crippen molar-refractivity contribution in [3.8, 4) is 11.3 Å². The van der Waals surface area contributed by atoms with E-state index in [1.807, 2.05) is 30.3 Å². The third-order valence-corrected chi connectivity index (χ3v) is 4.96. The van der Waals surface area contributed by atoms with Crippen LogP contribution in [0.1, 0.15) is 21.5 Å². The van der Waals surface area contributed by atoms with E-state index in [9.17, 15) is 4.79 Å². The molecule has 7 heteroatoms. The van der Waals surface area contributed by atoms with Crippen LogP contribution in [0.2, 0.25) is 0 Å². The minimum atomic E-state index is -0.276. The minimum Gasteiger partial charge on any atom is -0.291 e. The summed E-state index contributed by atoms with van der Waals surface area (Å²) in [4.78, 5) is 21.6. The van der Waals surface area contributed by atoms with E-state index in [0.717, 1.165) is 26.6 Å². The highest BCUT2D eigenvalue weighted by Crippen LogP contribution is 2.28. The maximum Gasteiger partial charge on any atom is 0.258 e. The van der Waals surface area contributed by atoms with Gasteiger partial charge in [0.15, 0.2) is 0 Å². The number of nitrogens with zero attached hydrogens (tertiary/aromatic N) is 3. The quantitative estimate of drug-likeness (QED) is 0.504. The van der Waals surface area contributed by atoms with Gasteiger partial charge >= 0.3 is 0 Å². The average Bonchev–Trinajstić information content (AvgIpc) is 3.16. The molecule has 2 aromatic carbocycles. The molecule has 4 rings (SSSR count). The van der Waals surface area contributed by atoms with Crippen LogP contribution in [0, 0.1) is 13.8 Å². The predicted molar refractivity (Wildman–Crippen MR) is 109 cm³/mol. The van der Waals surface area contributed by atoms with Crippen LogP contribution >= 0.6 is 15.9 Å². The van der Waals surface area contributed by atoms with Gasteiger partial charge in [0.2, 0.25) is 5.95 Å². The molecule has 0 atom stereocenters. The number of carbonyl (C=O) groups excluding carboxylic acids is 1. The molecule has 0 saturated heterocycles. The molecular formula is C20H16BrN5O. The SMILES string of the molecule is Cc1ccc(-c2cc(C(=O)Nc3ncn[nH]3)c3cc(Br)ccc3n2)cc1C. The summed E-state index contributed by atoms with van der Waals surface area (Å²) < 4.78 is 0.879. The first-order valence-corrected chi connectivity index (χ1v) is 9.15. The Hall–Kier alpha value is -3.06. The molecule has 0 spiro atoms.